The Kier molecular flexibility index (Phi) is 6.45. The fourth-order valence-corrected chi connectivity index (χ4v) is 3.07. The zero-order valence-electron chi connectivity index (χ0n) is 14.5. The number of ether oxygens (including phenoxy) is 1. The number of rotatable bonds is 7. The van der Waals surface area contributed by atoms with Crippen molar-refractivity contribution in [3.63, 3.8) is 0 Å². The Labute approximate surface area is 159 Å². The maximum Gasteiger partial charge on any atom is 0.307 e. The molecule has 3 rings (SSSR count). The van der Waals surface area contributed by atoms with Crippen molar-refractivity contribution < 1.29 is 9.53 Å². The van der Waals surface area contributed by atoms with Gasteiger partial charge in [-0.25, -0.2) is 0 Å². The van der Waals surface area contributed by atoms with Crippen LogP contribution in [0.5, 0.6) is 0 Å². The van der Waals surface area contributed by atoms with Crippen LogP contribution in [0.15, 0.2) is 84.9 Å². The van der Waals surface area contributed by atoms with Gasteiger partial charge in [0.15, 0.2) is 0 Å². The number of carbonyl (C=O) groups is 1. The van der Waals surface area contributed by atoms with Crippen LogP contribution in [0.3, 0.4) is 0 Å². The smallest absolute Gasteiger partial charge is 0.307 e. The standard InChI is InChI=1S/C23H21ClO2/c24-22(16-23(25)26-17-19-7-3-1-4-8-19)15-18-11-13-21(14-12-18)20-9-5-2-6-10-20/h1-14,22H,15-17H2. The van der Waals surface area contributed by atoms with Gasteiger partial charge in [-0.3, -0.25) is 4.79 Å². The second kappa shape index (κ2) is 9.21. The fraction of sp³-hybridized carbons (Fsp3) is 0.174. The van der Waals surface area contributed by atoms with E-state index in [0.717, 1.165) is 11.1 Å². The van der Waals surface area contributed by atoms with Crippen molar-refractivity contribution in [1.82, 2.24) is 0 Å². The Morgan fingerprint density at radius 2 is 1.35 bits per heavy atom. The van der Waals surface area contributed by atoms with Crippen LogP contribution >= 0.6 is 11.6 Å². The fourth-order valence-electron chi connectivity index (χ4n) is 2.77. The van der Waals surface area contributed by atoms with E-state index in [0.29, 0.717) is 6.42 Å². The molecule has 0 spiro atoms. The van der Waals surface area contributed by atoms with Crippen LogP contribution in [-0.2, 0) is 22.6 Å². The van der Waals surface area contributed by atoms with E-state index in [2.05, 4.69) is 36.4 Å². The predicted octanol–water partition coefficient (Wildman–Crippen LogP) is 5.64. The summed E-state index contributed by atoms with van der Waals surface area (Å²) in [5.74, 6) is -0.269. The maximum atomic E-state index is 11.9. The Morgan fingerprint density at radius 3 is 2.00 bits per heavy atom. The van der Waals surface area contributed by atoms with Crippen molar-refractivity contribution in [2.24, 2.45) is 0 Å². The third-order valence-electron chi connectivity index (χ3n) is 4.15. The van der Waals surface area contributed by atoms with Gasteiger partial charge in [0.1, 0.15) is 6.61 Å². The molecule has 26 heavy (non-hydrogen) atoms. The molecule has 0 saturated carbocycles. The molecule has 1 atom stereocenters. The maximum absolute atomic E-state index is 11.9. The molecule has 0 aliphatic rings. The number of alkyl halides is 1. The molecule has 132 valence electrons. The van der Waals surface area contributed by atoms with E-state index in [1.54, 1.807) is 0 Å². The Bertz CT molecular complexity index is 814. The van der Waals surface area contributed by atoms with Gasteiger partial charge in [-0.15, -0.1) is 11.6 Å². The number of hydrogen-bond acceptors (Lipinski definition) is 2. The molecule has 0 N–H and O–H groups in total. The Hall–Kier alpha value is -2.58. The SMILES string of the molecule is O=C(CC(Cl)Cc1ccc(-c2ccccc2)cc1)OCc1ccccc1. The van der Waals surface area contributed by atoms with Gasteiger partial charge in [0.2, 0.25) is 0 Å². The highest BCUT2D eigenvalue weighted by molar-refractivity contribution is 6.21. The number of benzene rings is 3. The summed E-state index contributed by atoms with van der Waals surface area (Å²) in [5, 5.41) is -0.277. The molecule has 1 unspecified atom stereocenters. The summed E-state index contributed by atoms with van der Waals surface area (Å²) in [6.45, 7) is 0.287. The molecular weight excluding hydrogens is 344 g/mol. The summed E-state index contributed by atoms with van der Waals surface area (Å²) in [5.41, 5.74) is 4.44. The predicted molar refractivity (Wildman–Crippen MR) is 106 cm³/mol. The largest absolute Gasteiger partial charge is 0.461 e. The highest BCUT2D eigenvalue weighted by Crippen LogP contribution is 2.21. The molecular formula is C23H21ClO2. The Balaban J connectivity index is 1.48. The van der Waals surface area contributed by atoms with Crippen molar-refractivity contribution in [2.45, 2.75) is 24.8 Å². The summed E-state index contributed by atoms with van der Waals surface area (Å²) in [6, 6.07) is 28.2. The normalized spacial score (nSPS) is 11.7. The van der Waals surface area contributed by atoms with Gasteiger partial charge >= 0.3 is 5.97 Å². The van der Waals surface area contributed by atoms with Gasteiger partial charge in [0, 0.05) is 5.38 Å². The summed E-state index contributed by atoms with van der Waals surface area (Å²) in [6.07, 6.45) is 0.839. The summed E-state index contributed by atoms with van der Waals surface area (Å²) in [4.78, 5) is 11.9. The van der Waals surface area contributed by atoms with Crippen molar-refractivity contribution in [2.75, 3.05) is 0 Å². The van der Waals surface area contributed by atoms with Crippen LogP contribution in [0.2, 0.25) is 0 Å². The van der Waals surface area contributed by atoms with E-state index in [1.807, 2.05) is 48.5 Å². The topological polar surface area (TPSA) is 26.3 Å². The minimum atomic E-state index is -0.277. The van der Waals surface area contributed by atoms with Crippen LogP contribution in [-0.4, -0.2) is 11.3 Å². The second-order valence-electron chi connectivity index (χ2n) is 6.21. The zero-order valence-corrected chi connectivity index (χ0v) is 15.2. The number of halogens is 1. The first-order valence-electron chi connectivity index (χ1n) is 8.69. The van der Waals surface area contributed by atoms with Gasteiger partial charge in [-0.2, -0.15) is 0 Å². The lowest BCUT2D eigenvalue weighted by atomic mass is 10.0. The van der Waals surface area contributed by atoms with Gasteiger partial charge < -0.3 is 4.74 Å². The highest BCUT2D eigenvalue weighted by Gasteiger charge is 2.13. The van der Waals surface area contributed by atoms with Gasteiger partial charge in [0.25, 0.3) is 0 Å². The average molecular weight is 365 g/mol. The molecule has 0 amide bonds. The van der Waals surface area contributed by atoms with Gasteiger partial charge in [0.05, 0.1) is 6.42 Å². The molecule has 0 bridgehead atoms. The van der Waals surface area contributed by atoms with E-state index in [1.165, 1.54) is 11.1 Å². The quantitative estimate of drug-likeness (QED) is 0.400. The molecule has 0 aliphatic heterocycles. The molecule has 0 heterocycles. The molecule has 0 fully saturated rings. The number of esters is 1. The second-order valence-corrected chi connectivity index (χ2v) is 6.83. The lowest BCUT2D eigenvalue weighted by molar-refractivity contribution is -0.144. The minimum Gasteiger partial charge on any atom is -0.461 e. The molecule has 2 nitrogen and oxygen atoms in total. The van der Waals surface area contributed by atoms with Crippen molar-refractivity contribution in [3.05, 3.63) is 96.1 Å². The van der Waals surface area contributed by atoms with E-state index < -0.39 is 0 Å². The Morgan fingerprint density at radius 1 is 0.769 bits per heavy atom. The zero-order chi connectivity index (χ0) is 18.2. The number of carbonyl (C=O) groups excluding carboxylic acids is 1. The molecule has 0 aromatic heterocycles. The minimum absolute atomic E-state index is 0.203. The van der Waals surface area contributed by atoms with Crippen LogP contribution in [0.25, 0.3) is 11.1 Å². The monoisotopic (exact) mass is 364 g/mol. The average Bonchev–Trinajstić information content (AvgIpc) is 2.68. The first-order valence-corrected chi connectivity index (χ1v) is 9.12. The molecule has 0 radical (unpaired) electrons. The molecule has 3 aromatic rings. The molecule has 3 heteroatoms. The first kappa shape index (κ1) is 18.2. The lowest BCUT2D eigenvalue weighted by Gasteiger charge is -2.10. The van der Waals surface area contributed by atoms with E-state index in [4.69, 9.17) is 16.3 Å². The summed E-state index contributed by atoms with van der Waals surface area (Å²) in [7, 11) is 0. The third-order valence-corrected chi connectivity index (χ3v) is 4.46. The summed E-state index contributed by atoms with van der Waals surface area (Å²) >= 11 is 6.35. The number of hydrogen-bond donors (Lipinski definition) is 0. The van der Waals surface area contributed by atoms with Crippen molar-refractivity contribution >= 4 is 17.6 Å². The highest BCUT2D eigenvalue weighted by atomic mass is 35.5. The summed E-state index contributed by atoms with van der Waals surface area (Å²) < 4.78 is 5.29. The first-order chi connectivity index (χ1) is 12.7. The lowest BCUT2D eigenvalue weighted by Crippen LogP contribution is -2.13. The molecule has 0 saturated heterocycles. The molecule has 0 aliphatic carbocycles. The van der Waals surface area contributed by atoms with Crippen molar-refractivity contribution in [1.29, 1.82) is 0 Å². The third kappa shape index (κ3) is 5.47. The van der Waals surface area contributed by atoms with Gasteiger partial charge in [-0.05, 0) is 28.7 Å². The van der Waals surface area contributed by atoms with E-state index in [-0.39, 0.29) is 24.4 Å². The van der Waals surface area contributed by atoms with Gasteiger partial charge in [-0.1, -0.05) is 84.9 Å². The van der Waals surface area contributed by atoms with Crippen molar-refractivity contribution in [3.8, 4) is 11.1 Å². The van der Waals surface area contributed by atoms with Crippen LogP contribution in [0.4, 0.5) is 0 Å². The van der Waals surface area contributed by atoms with Crippen LogP contribution < -0.4 is 0 Å². The van der Waals surface area contributed by atoms with Crippen LogP contribution in [0, 0.1) is 0 Å². The van der Waals surface area contributed by atoms with E-state index >= 15 is 0 Å². The van der Waals surface area contributed by atoms with E-state index in [9.17, 15) is 4.79 Å². The molecule has 3 aromatic carbocycles. The van der Waals surface area contributed by atoms with Crippen LogP contribution in [0.1, 0.15) is 17.5 Å².